The number of benzene rings is 2. The Labute approximate surface area is 111 Å². The van der Waals surface area contributed by atoms with Crippen molar-refractivity contribution in [1.82, 2.24) is 4.90 Å². The average molecular weight is 258 g/mol. The Hall–Kier alpha value is -1.80. The average Bonchev–Trinajstić information content (AvgIpc) is 2.82. The quantitative estimate of drug-likeness (QED) is 0.766. The van der Waals surface area contributed by atoms with Crippen LogP contribution in [0.15, 0.2) is 48.5 Å². The fraction of sp³-hybridized carbons (Fsp3) is 0.133. The Morgan fingerprint density at radius 1 is 0.944 bits per heavy atom. The molecule has 90 valence electrons. The first kappa shape index (κ1) is 11.3. The van der Waals surface area contributed by atoms with Gasteiger partial charge in [-0.1, -0.05) is 35.9 Å². The second kappa shape index (κ2) is 4.46. The normalized spacial score (nSPS) is 13.5. The third-order valence-corrected chi connectivity index (χ3v) is 3.47. The minimum absolute atomic E-state index is 0.0582. The van der Waals surface area contributed by atoms with E-state index >= 15 is 0 Å². The molecule has 0 unspecified atom stereocenters. The van der Waals surface area contributed by atoms with Gasteiger partial charge in [0.1, 0.15) is 0 Å². The first-order chi connectivity index (χ1) is 8.74. The molecule has 0 bridgehead atoms. The standard InChI is InChI=1S/C15H12ClNO/c16-14-7-5-11(6-8-14)15(18)17-9-12-3-1-2-4-13(12)10-17/h1-8H,9-10H2. The van der Waals surface area contributed by atoms with E-state index in [0.717, 1.165) is 0 Å². The van der Waals surface area contributed by atoms with Gasteiger partial charge < -0.3 is 4.90 Å². The summed E-state index contributed by atoms with van der Waals surface area (Å²) in [4.78, 5) is 14.2. The van der Waals surface area contributed by atoms with Gasteiger partial charge in [-0.15, -0.1) is 0 Å². The number of hydrogen-bond acceptors (Lipinski definition) is 1. The number of halogens is 1. The van der Waals surface area contributed by atoms with Crippen LogP contribution in [0.25, 0.3) is 0 Å². The molecule has 3 heteroatoms. The molecule has 2 aromatic rings. The number of rotatable bonds is 1. The van der Waals surface area contributed by atoms with Crippen LogP contribution >= 0.6 is 11.6 Å². The molecule has 0 atom stereocenters. The zero-order valence-electron chi connectivity index (χ0n) is 9.77. The molecule has 2 aromatic carbocycles. The van der Waals surface area contributed by atoms with Crippen molar-refractivity contribution < 1.29 is 4.79 Å². The summed E-state index contributed by atoms with van der Waals surface area (Å²) >= 11 is 5.82. The summed E-state index contributed by atoms with van der Waals surface area (Å²) in [6, 6.07) is 15.2. The highest BCUT2D eigenvalue weighted by Crippen LogP contribution is 2.24. The van der Waals surface area contributed by atoms with Gasteiger partial charge in [0.05, 0.1) is 0 Å². The number of hydrogen-bond donors (Lipinski definition) is 0. The predicted octanol–water partition coefficient (Wildman–Crippen LogP) is 3.50. The molecule has 0 N–H and O–H groups in total. The van der Waals surface area contributed by atoms with E-state index in [0.29, 0.717) is 23.7 Å². The van der Waals surface area contributed by atoms with Crippen LogP contribution in [0.4, 0.5) is 0 Å². The van der Waals surface area contributed by atoms with Crippen molar-refractivity contribution >= 4 is 17.5 Å². The summed E-state index contributed by atoms with van der Waals surface area (Å²) in [7, 11) is 0. The highest BCUT2D eigenvalue weighted by atomic mass is 35.5. The van der Waals surface area contributed by atoms with Gasteiger partial charge in [0.25, 0.3) is 5.91 Å². The van der Waals surface area contributed by atoms with E-state index in [1.807, 2.05) is 17.0 Å². The van der Waals surface area contributed by atoms with E-state index in [9.17, 15) is 4.79 Å². The lowest BCUT2D eigenvalue weighted by Crippen LogP contribution is -2.25. The van der Waals surface area contributed by atoms with Crippen LogP contribution in [-0.2, 0) is 13.1 Å². The molecule has 3 rings (SSSR count). The maximum absolute atomic E-state index is 12.3. The van der Waals surface area contributed by atoms with E-state index in [4.69, 9.17) is 11.6 Å². The third kappa shape index (κ3) is 2.00. The highest BCUT2D eigenvalue weighted by Gasteiger charge is 2.23. The minimum atomic E-state index is 0.0582. The van der Waals surface area contributed by atoms with Crippen LogP contribution in [0.1, 0.15) is 21.5 Å². The fourth-order valence-corrected chi connectivity index (χ4v) is 2.38. The SMILES string of the molecule is O=C(c1ccc(Cl)cc1)N1Cc2ccccc2C1. The van der Waals surface area contributed by atoms with E-state index < -0.39 is 0 Å². The van der Waals surface area contributed by atoms with Gasteiger partial charge in [0.2, 0.25) is 0 Å². The van der Waals surface area contributed by atoms with Crippen molar-refractivity contribution in [2.45, 2.75) is 13.1 Å². The molecule has 0 saturated heterocycles. The molecule has 0 aromatic heterocycles. The zero-order valence-corrected chi connectivity index (χ0v) is 10.5. The zero-order chi connectivity index (χ0) is 12.5. The lowest BCUT2D eigenvalue weighted by molar-refractivity contribution is 0.0751. The second-order valence-electron chi connectivity index (χ2n) is 4.44. The molecule has 1 aliphatic rings. The predicted molar refractivity (Wildman–Crippen MR) is 71.5 cm³/mol. The van der Waals surface area contributed by atoms with Gasteiger partial charge in [-0.25, -0.2) is 0 Å². The first-order valence-electron chi connectivity index (χ1n) is 5.85. The smallest absolute Gasteiger partial charge is 0.254 e. The first-order valence-corrected chi connectivity index (χ1v) is 6.23. The summed E-state index contributed by atoms with van der Waals surface area (Å²) < 4.78 is 0. The van der Waals surface area contributed by atoms with Crippen LogP contribution in [0, 0.1) is 0 Å². The third-order valence-electron chi connectivity index (χ3n) is 3.22. The van der Waals surface area contributed by atoms with Crippen LogP contribution in [-0.4, -0.2) is 10.8 Å². The topological polar surface area (TPSA) is 20.3 Å². The highest BCUT2D eigenvalue weighted by molar-refractivity contribution is 6.30. The molecule has 1 heterocycles. The monoisotopic (exact) mass is 257 g/mol. The minimum Gasteiger partial charge on any atom is -0.330 e. The fourth-order valence-electron chi connectivity index (χ4n) is 2.25. The van der Waals surface area contributed by atoms with Crippen molar-refractivity contribution in [2.24, 2.45) is 0 Å². The summed E-state index contributed by atoms with van der Waals surface area (Å²) in [5.41, 5.74) is 3.16. The van der Waals surface area contributed by atoms with E-state index in [-0.39, 0.29) is 5.91 Å². The number of carbonyl (C=O) groups excluding carboxylic acids is 1. The van der Waals surface area contributed by atoms with Crippen LogP contribution in [0.2, 0.25) is 5.02 Å². The summed E-state index contributed by atoms with van der Waals surface area (Å²) in [5, 5.41) is 0.649. The van der Waals surface area contributed by atoms with E-state index in [1.54, 1.807) is 24.3 Å². The van der Waals surface area contributed by atoms with Crippen molar-refractivity contribution in [3.05, 3.63) is 70.2 Å². The van der Waals surface area contributed by atoms with Crippen LogP contribution in [0.3, 0.4) is 0 Å². The summed E-state index contributed by atoms with van der Waals surface area (Å²) in [6.45, 7) is 1.38. The summed E-state index contributed by atoms with van der Waals surface area (Å²) in [6.07, 6.45) is 0. The maximum atomic E-state index is 12.3. The molecular weight excluding hydrogens is 246 g/mol. The van der Waals surface area contributed by atoms with Crippen LogP contribution in [0.5, 0.6) is 0 Å². The maximum Gasteiger partial charge on any atom is 0.254 e. The Morgan fingerprint density at radius 2 is 1.50 bits per heavy atom. The van der Waals surface area contributed by atoms with Crippen molar-refractivity contribution in [1.29, 1.82) is 0 Å². The lowest BCUT2D eigenvalue weighted by atomic mass is 10.1. The van der Waals surface area contributed by atoms with Crippen molar-refractivity contribution in [3.63, 3.8) is 0 Å². The van der Waals surface area contributed by atoms with Gasteiger partial charge in [-0.05, 0) is 35.4 Å². The number of fused-ring (bicyclic) bond motifs is 1. The van der Waals surface area contributed by atoms with E-state index in [1.165, 1.54) is 11.1 Å². The van der Waals surface area contributed by atoms with Crippen molar-refractivity contribution in [2.75, 3.05) is 0 Å². The molecule has 1 aliphatic heterocycles. The number of carbonyl (C=O) groups is 1. The summed E-state index contributed by atoms with van der Waals surface area (Å²) in [5.74, 6) is 0.0582. The van der Waals surface area contributed by atoms with Gasteiger partial charge in [0, 0.05) is 23.7 Å². The molecule has 2 nitrogen and oxygen atoms in total. The molecule has 0 fully saturated rings. The Morgan fingerprint density at radius 3 is 2.06 bits per heavy atom. The van der Waals surface area contributed by atoms with E-state index in [2.05, 4.69) is 12.1 Å². The lowest BCUT2D eigenvalue weighted by Gasteiger charge is -2.15. The molecule has 1 amide bonds. The molecule has 18 heavy (non-hydrogen) atoms. The number of amides is 1. The molecule has 0 saturated carbocycles. The van der Waals surface area contributed by atoms with Gasteiger partial charge >= 0.3 is 0 Å². The Balaban J connectivity index is 1.82. The molecular formula is C15H12ClNO. The largest absolute Gasteiger partial charge is 0.330 e. The van der Waals surface area contributed by atoms with Gasteiger partial charge in [0.15, 0.2) is 0 Å². The number of nitrogens with zero attached hydrogens (tertiary/aromatic N) is 1. The molecule has 0 spiro atoms. The molecule has 0 radical (unpaired) electrons. The Bertz CT molecular complexity index is 567. The van der Waals surface area contributed by atoms with Gasteiger partial charge in [-0.2, -0.15) is 0 Å². The Kier molecular flexibility index (Phi) is 2.80. The van der Waals surface area contributed by atoms with Crippen molar-refractivity contribution in [3.8, 4) is 0 Å². The van der Waals surface area contributed by atoms with Crippen LogP contribution < -0.4 is 0 Å². The van der Waals surface area contributed by atoms with Gasteiger partial charge in [-0.3, -0.25) is 4.79 Å². The molecule has 0 aliphatic carbocycles. The second-order valence-corrected chi connectivity index (χ2v) is 4.87.